The highest BCUT2D eigenvalue weighted by Gasteiger charge is 2.28. The molecule has 0 spiro atoms. The van der Waals surface area contributed by atoms with Crippen LogP contribution in [0.3, 0.4) is 0 Å². The molecule has 1 amide bonds. The predicted octanol–water partition coefficient (Wildman–Crippen LogP) is -0.357. The quantitative estimate of drug-likeness (QED) is 0.486. The molecular formula is C13H26N4O3S. The van der Waals surface area contributed by atoms with Crippen molar-refractivity contribution in [1.29, 1.82) is 0 Å². The van der Waals surface area contributed by atoms with E-state index in [1.165, 1.54) is 0 Å². The molecule has 7 nitrogen and oxygen atoms in total. The van der Waals surface area contributed by atoms with E-state index in [9.17, 15) is 13.2 Å². The number of guanidine groups is 1. The lowest BCUT2D eigenvalue weighted by Crippen LogP contribution is -2.45. The molecule has 1 saturated heterocycles. The zero-order chi connectivity index (χ0) is 16.1. The van der Waals surface area contributed by atoms with Gasteiger partial charge in [0.25, 0.3) is 0 Å². The molecule has 1 fully saturated rings. The minimum absolute atomic E-state index is 0.00603. The molecule has 0 aliphatic carbocycles. The molecule has 1 unspecified atom stereocenters. The van der Waals surface area contributed by atoms with E-state index in [-0.39, 0.29) is 35.5 Å². The maximum atomic E-state index is 11.7. The maximum absolute atomic E-state index is 11.7. The summed E-state index contributed by atoms with van der Waals surface area (Å²) in [5.74, 6) is 0.627. The number of rotatable bonds is 4. The van der Waals surface area contributed by atoms with Gasteiger partial charge in [-0.05, 0) is 34.1 Å². The van der Waals surface area contributed by atoms with E-state index in [4.69, 9.17) is 0 Å². The average Bonchev–Trinajstić information content (AvgIpc) is 2.64. The highest BCUT2D eigenvalue weighted by atomic mass is 32.2. The topological polar surface area (TPSA) is 99.7 Å². The lowest BCUT2D eigenvalue weighted by molar-refractivity contribution is -0.121. The second-order valence-electron chi connectivity index (χ2n) is 6.24. The fraction of sp³-hybridized carbons (Fsp3) is 0.846. The van der Waals surface area contributed by atoms with Gasteiger partial charge in [0.05, 0.1) is 11.5 Å². The van der Waals surface area contributed by atoms with Gasteiger partial charge in [0, 0.05) is 18.1 Å². The minimum Gasteiger partial charge on any atom is -0.357 e. The lowest BCUT2D eigenvalue weighted by Gasteiger charge is -2.20. The summed E-state index contributed by atoms with van der Waals surface area (Å²) in [5, 5.41) is 8.92. The summed E-state index contributed by atoms with van der Waals surface area (Å²) in [6.07, 6.45) is 0.570. The van der Waals surface area contributed by atoms with E-state index in [1.807, 2.05) is 27.7 Å². The average molecular weight is 318 g/mol. The third kappa shape index (κ3) is 7.31. The Morgan fingerprint density at radius 1 is 1.33 bits per heavy atom. The van der Waals surface area contributed by atoms with Crippen molar-refractivity contribution < 1.29 is 13.2 Å². The van der Waals surface area contributed by atoms with Crippen LogP contribution in [-0.4, -0.2) is 56.5 Å². The molecule has 0 aromatic heterocycles. The highest BCUT2D eigenvalue weighted by Crippen LogP contribution is 2.10. The van der Waals surface area contributed by atoms with Crippen molar-refractivity contribution in [2.24, 2.45) is 4.99 Å². The number of hydrogen-bond acceptors (Lipinski definition) is 4. The number of carbonyl (C=O) groups is 1. The molecule has 21 heavy (non-hydrogen) atoms. The van der Waals surface area contributed by atoms with Crippen LogP contribution in [0, 0.1) is 0 Å². The Balaban J connectivity index is 2.56. The van der Waals surface area contributed by atoms with Crippen LogP contribution in [0.1, 0.15) is 34.1 Å². The molecule has 1 atom stereocenters. The summed E-state index contributed by atoms with van der Waals surface area (Å²) in [4.78, 5) is 15.9. The number of nitrogens with one attached hydrogen (secondary N) is 3. The van der Waals surface area contributed by atoms with Crippen LogP contribution in [0.15, 0.2) is 4.99 Å². The normalized spacial score (nSPS) is 21.9. The Morgan fingerprint density at radius 3 is 2.48 bits per heavy atom. The molecule has 8 heteroatoms. The second kappa shape index (κ2) is 7.11. The largest absolute Gasteiger partial charge is 0.357 e. The highest BCUT2D eigenvalue weighted by molar-refractivity contribution is 7.91. The Bertz CT molecular complexity index is 494. The van der Waals surface area contributed by atoms with Crippen LogP contribution in [0.2, 0.25) is 0 Å². The number of hydrogen-bond donors (Lipinski definition) is 3. The Morgan fingerprint density at radius 2 is 2.00 bits per heavy atom. The van der Waals surface area contributed by atoms with Crippen molar-refractivity contribution in [1.82, 2.24) is 16.0 Å². The van der Waals surface area contributed by atoms with Crippen LogP contribution in [-0.2, 0) is 14.6 Å². The van der Waals surface area contributed by atoms with E-state index in [0.29, 0.717) is 18.9 Å². The summed E-state index contributed by atoms with van der Waals surface area (Å²) in [6, 6.07) is -0.140. The first-order valence-corrected chi connectivity index (χ1v) is 9.00. The van der Waals surface area contributed by atoms with Crippen LogP contribution < -0.4 is 16.0 Å². The molecule has 0 aromatic carbocycles. The number of aliphatic imine (C=N–C) groups is 1. The van der Waals surface area contributed by atoms with Crippen molar-refractivity contribution in [2.45, 2.75) is 45.7 Å². The molecule has 0 radical (unpaired) electrons. The van der Waals surface area contributed by atoms with Gasteiger partial charge in [0.2, 0.25) is 5.91 Å². The molecule has 3 N–H and O–H groups in total. The summed E-state index contributed by atoms with van der Waals surface area (Å²) in [5.41, 5.74) is -0.294. The summed E-state index contributed by atoms with van der Waals surface area (Å²) >= 11 is 0. The van der Waals surface area contributed by atoms with E-state index in [2.05, 4.69) is 20.9 Å². The van der Waals surface area contributed by atoms with Crippen LogP contribution in [0.4, 0.5) is 0 Å². The zero-order valence-corrected chi connectivity index (χ0v) is 14.0. The molecule has 1 rings (SSSR count). The van der Waals surface area contributed by atoms with Crippen molar-refractivity contribution >= 4 is 21.7 Å². The summed E-state index contributed by atoms with van der Waals surface area (Å²) in [6.45, 7) is 8.28. The van der Waals surface area contributed by atoms with Crippen LogP contribution in [0.5, 0.6) is 0 Å². The SMILES string of the molecule is CCNC(=NCC(=O)NC(C)(C)C)NC1CCS(=O)(=O)C1. The van der Waals surface area contributed by atoms with Crippen molar-refractivity contribution in [3.05, 3.63) is 0 Å². The van der Waals surface area contributed by atoms with Gasteiger partial charge in [-0.2, -0.15) is 0 Å². The van der Waals surface area contributed by atoms with Gasteiger partial charge in [-0.1, -0.05) is 0 Å². The first-order chi connectivity index (χ1) is 9.61. The van der Waals surface area contributed by atoms with E-state index >= 15 is 0 Å². The van der Waals surface area contributed by atoms with Gasteiger partial charge in [0.1, 0.15) is 6.54 Å². The standard InChI is InChI=1S/C13H26N4O3S/c1-5-14-12(15-8-11(18)17-13(2,3)4)16-10-6-7-21(19,20)9-10/h10H,5-9H2,1-4H3,(H,17,18)(H2,14,15,16). The molecule has 122 valence electrons. The number of nitrogens with zero attached hydrogens (tertiary/aromatic N) is 1. The zero-order valence-electron chi connectivity index (χ0n) is 13.2. The summed E-state index contributed by atoms with van der Waals surface area (Å²) < 4.78 is 22.9. The molecule has 1 heterocycles. The fourth-order valence-electron chi connectivity index (χ4n) is 2.03. The van der Waals surface area contributed by atoms with Gasteiger partial charge in [-0.3, -0.25) is 4.79 Å². The molecule has 0 aromatic rings. The first-order valence-electron chi connectivity index (χ1n) is 7.17. The molecule has 1 aliphatic heterocycles. The molecule has 1 aliphatic rings. The molecular weight excluding hydrogens is 292 g/mol. The van der Waals surface area contributed by atoms with Crippen molar-refractivity contribution in [3.8, 4) is 0 Å². The van der Waals surface area contributed by atoms with Crippen molar-refractivity contribution in [2.75, 3.05) is 24.6 Å². The van der Waals surface area contributed by atoms with Gasteiger partial charge >= 0.3 is 0 Å². The van der Waals surface area contributed by atoms with Gasteiger partial charge in [0.15, 0.2) is 15.8 Å². The molecule has 0 saturated carbocycles. The van der Waals surface area contributed by atoms with E-state index in [1.54, 1.807) is 0 Å². The lowest BCUT2D eigenvalue weighted by atomic mass is 10.1. The minimum atomic E-state index is -2.94. The maximum Gasteiger partial charge on any atom is 0.242 e. The van der Waals surface area contributed by atoms with Crippen LogP contribution in [0.25, 0.3) is 0 Å². The fourth-order valence-corrected chi connectivity index (χ4v) is 3.70. The molecule has 0 bridgehead atoms. The van der Waals surface area contributed by atoms with E-state index in [0.717, 1.165) is 0 Å². The van der Waals surface area contributed by atoms with E-state index < -0.39 is 9.84 Å². The number of carbonyl (C=O) groups excluding carboxylic acids is 1. The van der Waals surface area contributed by atoms with Gasteiger partial charge < -0.3 is 16.0 Å². The Labute approximate surface area is 126 Å². The number of amides is 1. The first kappa shape index (κ1) is 17.7. The third-order valence-corrected chi connectivity index (χ3v) is 4.58. The second-order valence-corrected chi connectivity index (χ2v) is 8.47. The van der Waals surface area contributed by atoms with Crippen molar-refractivity contribution in [3.63, 3.8) is 0 Å². The van der Waals surface area contributed by atoms with Gasteiger partial charge in [-0.15, -0.1) is 0 Å². The monoisotopic (exact) mass is 318 g/mol. The smallest absolute Gasteiger partial charge is 0.242 e. The predicted molar refractivity (Wildman–Crippen MR) is 84.1 cm³/mol. The Hall–Kier alpha value is -1.31. The Kier molecular flexibility index (Phi) is 6.00. The number of sulfone groups is 1. The van der Waals surface area contributed by atoms with Crippen LogP contribution >= 0.6 is 0 Å². The third-order valence-electron chi connectivity index (χ3n) is 2.81. The summed E-state index contributed by atoms with van der Waals surface area (Å²) in [7, 11) is -2.94. The van der Waals surface area contributed by atoms with Gasteiger partial charge in [-0.25, -0.2) is 13.4 Å².